The maximum absolute atomic E-state index is 13.6. The van der Waals surface area contributed by atoms with Crippen LogP contribution in [0.15, 0.2) is 48.4 Å². The number of aromatic nitrogens is 3. The average Bonchev–Trinajstić information content (AvgIpc) is 3.47. The Morgan fingerprint density at radius 2 is 2.00 bits per heavy atom. The lowest BCUT2D eigenvalue weighted by atomic mass is 9.74. The number of hydrogen-bond acceptors (Lipinski definition) is 8. The SMILES string of the molecule is COc1cc(OC)c2c(c1Cl)OC1(C(=O)C=C(Nc3cccc(-c4ncn[nH]4)c3)CC1C)C2=O. The molecular formula is C24H21ClN4O5. The number of rotatable bonds is 5. The van der Waals surface area contributed by atoms with E-state index in [1.54, 1.807) is 6.92 Å². The van der Waals surface area contributed by atoms with E-state index in [1.807, 2.05) is 24.3 Å². The fraction of sp³-hybridized carbons (Fsp3) is 0.250. The lowest BCUT2D eigenvalue weighted by molar-refractivity contribution is -0.129. The predicted molar refractivity (Wildman–Crippen MR) is 125 cm³/mol. The van der Waals surface area contributed by atoms with Crippen LogP contribution in [0.3, 0.4) is 0 Å². The highest BCUT2D eigenvalue weighted by Crippen LogP contribution is 2.53. The minimum atomic E-state index is -1.71. The number of aromatic amines is 1. The van der Waals surface area contributed by atoms with Gasteiger partial charge in [0, 0.05) is 35.0 Å². The van der Waals surface area contributed by atoms with Crippen LogP contribution in [0.4, 0.5) is 5.69 Å². The number of hydrogen-bond donors (Lipinski definition) is 2. The monoisotopic (exact) mass is 480 g/mol. The number of fused-ring (bicyclic) bond motifs is 1. The zero-order chi connectivity index (χ0) is 24.0. The molecule has 2 unspecified atom stereocenters. The Kier molecular flexibility index (Phi) is 5.28. The van der Waals surface area contributed by atoms with Crippen molar-refractivity contribution in [3.05, 3.63) is 59.0 Å². The van der Waals surface area contributed by atoms with Gasteiger partial charge in [-0.25, -0.2) is 4.98 Å². The zero-order valence-electron chi connectivity index (χ0n) is 18.6. The van der Waals surface area contributed by atoms with E-state index in [9.17, 15) is 9.59 Å². The van der Waals surface area contributed by atoms with E-state index in [0.29, 0.717) is 23.7 Å². The van der Waals surface area contributed by atoms with Gasteiger partial charge in [-0.05, 0) is 18.6 Å². The van der Waals surface area contributed by atoms with Crippen LogP contribution in [0.5, 0.6) is 17.2 Å². The van der Waals surface area contributed by atoms with Gasteiger partial charge in [-0.1, -0.05) is 30.7 Å². The molecule has 2 atom stereocenters. The van der Waals surface area contributed by atoms with E-state index >= 15 is 0 Å². The van der Waals surface area contributed by atoms with Crippen LogP contribution >= 0.6 is 11.6 Å². The van der Waals surface area contributed by atoms with Gasteiger partial charge >= 0.3 is 0 Å². The minimum Gasteiger partial charge on any atom is -0.496 e. The largest absolute Gasteiger partial charge is 0.496 e. The van der Waals surface area contributed by atoms with Crippen molar-refractivity contribution < 1.29 is 23.8 Å². The smallest absolute Gasteiger partial charge is 0.236 e. The van der Waals surface area contributed by atoms with Crippen LogP contribution in [0.1, 0.15) is 23.7 Å². The van der Waals surface area contributed by atoms with E-state index in [2.05, 4.69) is 20.5 Å². The van der Waals surface area contributed by atoms with Crippen LogP contribution in [0.2, 0.25) is 5.02 Å². The van der Waals surface area contributed by atoms with Gasteiger partial charge in [0.2, 0.25) is 17.2 Å². The summed E-state index contributed by atoms with van der Waals surface area (Å²) in [7, 11) is 2.88. The Bertz CT molecular complexity index is 1340. The molecule has 10 heteroatoms. The summed E-state index contributed by atoms with van der Waals surface area (Å²) in [5.41, 5.74) is 0.722. The summed E-state index contributed by atoms with van der Waals surface area (Å²) >= 11 is 6.43. The average molecular weight is 481 g/mol. The van der Waals surface area contributed by atoms with Crippen LogP contribution in [0, 0.1) is 5.92 Å². The van der Waals surface area contributed by atoms with Crippen molar-refractivity contribution in [1.82, 2.24) is 15.2 Å². The van der Waals surface area contributed by atoms with Crippen molar-refractivity contribution in [2.45, 2.75) is 18.9 Å². The molecule has 3 aromatic rings. The first-order valence-corrected chi connectivity index (χ1v) is 10.9. The van der Waals surface area contributed by atoms with Gasteiger partial charge in [0.15, 0.2) is 11.6 Å². The summed E-state index contributed by atoms with van der Waals surface area (Å²) in [6, 6.07) is 9.06. The summed E-state index contributed by atoms with van der Waals surface area (Å²) in [4.78, 5) is 31.2. The lowest BCUT2D eigenvalue weighted by Gasteiger charge is -2.35. The molecule has 2 aromatic carbocycles. The summed E-state index contributed by atoms with van der Waals surface area (Å²) < 4.78 is 16.7. The van der Waals surface area contributed by atoms with Crippen molar-refractivity contribution in [2.24, 2.45) is 5.92 Å². The van der Waals surface area contributed by atoms with Gasteiger partial charge in [0.25, 0.3) is 0 Å². The third-order valence-corrected chi connectivity index (χ3v) is 6.52. The number of ketones is 2. The molecule has 0 fully saturated rings. The first-order chi connectivity index (χ1) is 16.4. The molecule has 1 aliphatic heterocycles. The molecule has 34 heavy (non-hydrogen) atoms. The number of methoxy groups -OCH3 is 2. The summed E-state index contributed by atoms with van der Waals surface area (Å²) in [5, 5.41) is 10.1. The highest BCUT2D eigenvalue weighted by atomic mass is 35.5. The molecule has 1 aromatic heterocycles. The number of anilines is 1. The number of benzene rings is 2. The van der Waals surface area contributed by atoms with E-state index < -0.39 is 23.1 Å². The molecule has 174 valence electrons. The Labute approximate surface area is 200 Å². The number of nitrogens with one attached hydrogen (secondary N) is 2. The Balaban J connectivity index is 1.47. The molecule has 0 amide bonds. The van der Waals surface area contributed by atoms with Crippen LogP contribution < -0.4 is 19.5 Å². The second kappa shape index (κ2) is 8.18. The van der Waals surface area contributed by atoms with Crippen molar-refractivity contribution in [3.8, 4) is 28.6 Å². The van der Waals surface area contributed by atoms with E-state index in [-0.39, 0.29) is 22.1 Å². The van der Waals surface area contributed by atoms with Gasteiger partial charge < -0.3 is 19.5 Å². The maximum Gasteiger partial charge on any atom is 0.236 e. The van der Waals surface area contributed by atoms with Crippen LogP contribution in [0.25, 0.3) is 11.4 Å². The predicted octanol–water partition coefficient (Wildman–Crippen LogP) is 4.06. The lowest BCUT2D eigenvalue weighted by Crippen LogP contribution is -2.55. The van der Waals surface area contributed by atoms with Gasteiger partial charge in [-0.3, -0.25) is 14.7 Å². The highest BCUT2D eigenvalue weighted by molar-refractivity contribution is 6.36. The number of nitrogens with zero attached hydrogens (tertiary/aromatic N) is 2. The van der Waals surface area contributed by atoms with E-state index in [0.717, 1.165) is 11.3 Å². The number of halogens is 1. The Morgan fingerprint density at radius 3 is 2.68 bits per heavy atom. The van der Waals surface area contributed by atoms with Crippen molar-refractivity contribution in [2.75, 3.05) is 19.5 Å². The summed E-state index contributed by atoms with van der Waals surface area (Å²) in [6.45, 7) is 1.80. The van der Waals surface area contributed by atoms with Crippen molar-refractivity contribution in [3.63, 3.8) is 0 Å². The van der Waals surface area contributed by atoms with Gasteiger partial charge in [-0.2, -0.15) is 5.10 Å². The van der Waals surface area contributed by atoms with Crippen LogP contribution in [-0.2, 0) is 4.79 Å². The third-order valence-electron chi connectivity index (χ3n) is 6.17. The third kappa shape index (κ3) is 3.23. The van der Waals surface area contributed by atoms with Crippen molar-refractivity contribution in [1.29, 1.82) is 0 Å². The molecule has 5 rings (SSSR count). The maximum atomic E-state index is 13.6. The number of ether oxygens (including phenoxy) is 3. The molecular weight excluding hydrogens is 460 g/mol. The molecule has 2 heterocycles. The topological polar surface area (TPSA) is 115 Å². The quantitative estimate of drug-likeness (QED) is 0.525. The first-order valence-electron chi connectivity index (χ1n) is 10.5. The Morgan fingerprint density at radius 1 is 1.21 bits per heavy atom. The van der Waals surface area contributed by atoms with Gasteiger partial charge in [-0.15, -0.1) is 0 Å². The second-order valence-corrected chi connectivity index (χ2v) is 8.52. The number of carbonyl (C=O) groups excluding carboxylic acids is 2. The minimum absolute atomic E-state index is 0.104. The fourth-order valence-corrected chi connectivity index (χ4v) is 4.76. The normalized spacial score (nSPS) is 21.2. The second-order valence-electron chi connectivity index (χ2n) is 8.14. The number of H-pyrrole nitrogens is 1. The van der Waals surface area contributed by atoms with E-state index in [4.69, 9.17) is 25.8 Å². The number of Topliss-reactive ketones (excluding diaryl/α,β-unsaturated/α-hetero) is 1. The Hall–Kier alpha value is -3.85. The van der Waals surface area contributed by atoms with Gasteiger partial charge in [0.1, 0.15) is 28.4 Å². The molecule has 0 saturated carbocycles. The standard InChI is InChI=1S/C24H21ClN4O5/c1-12-7-15(28-14-6-4-5-13(8-14)23-26-11-27-29-23)9-18(30)24(12)22(31)19-16(32-2)10-17(33-3)20(25)21(19)34-24/h4-6,8-12,28H,7H2,1-3H3,(H,26,27,29). The number of allylic oxidation sites excluding steroid dienone is 1. The molecule has 0 radical (unpaired) electrons. The molecule has 9 nitrogen and oxygen atoms in total. The van der Waals surface area contributed by atoms with Gasteiger partial charge in [0.05, 0.1) is 14.2 Å². The molecule has 2 N–H and O–H groups in total. The molecule has 1 spiro atoms. The highest BCUT2D eigenvalue weighted by Gasteiger charge is 2.60. The molecule has 0 saturated heterocycles. The first kappa shape index (κ1) is 22.0. The van der Waals surface area contributed by atoms with Crippen molar-refractivity contribution >= 4 is 28.9 Å². The summed E-state index contributed by atoms with van der Waals surface area (Å²) in [6.07, 6.45) is 3.25. The molecule has 0 bridgehead atoms. The number of carbonyl (C=O) groups is 2. The zero-order valence-corrected chi connectivity index (χ0v) is 19.4. The molecule has 1 aliphatic carbocycles. The fourth-order valence-electron chi connectivity index (χ4n) is 4.49. The van der Waals surface area contributed by atoms with Crippen LogP contribution in [-0.4, -0.2) is 46.6 Å². The molecule has 2 aliphatic rings. The van der Waals surface area contributed by atoms with E-state index in [1.165, 1.54) is 32.7 Å². The summed E-state index contributed by atoms with van der Waals surface area (Å²) in [5.74, 6) is -0.127.